The largest absolute Gasteiger partial charge is 0.494 e. The molecule has 2 aromatic carbocycles. The number of carbonyl (C=O) groups is 2. The van der Waals surface area contributed by atoms with Crippen molar-refractivity contribution in [3.8, 4) is 5.75 Å². The minimum atomic E-state index is -0.359. The quantitative estimate of drug-likeness (QED) is 0.0242. The molecule has 300 valence electrons. The number of thiophene rings is 1. The number of unbranched alkanes of at least 4 members (excludes halogenated alkanes) is 11. The molecule has 0 aliphatic rings. The molecule has 2 aromatic heterocycles. The molecular weight excluding hydrogens is 745 g/mol. The van der Waals surface area contributed by atoms with E-state index in [2.05, 4.69) is 69.5 Å². The van der Waals surface area contributed by atoms with Gasteiger partial charge in [0.1, 0.15) is 15.6 Å². The minimum absolute atomic E-state index is 0.338. The fourth-order valence-electron chi connectivity index (χ4n) is 5.89. The van der Waals surface area contributed by atoms with Gasteiger partial charge in [-0.15, -0.1) is 20.5 Å². The number of carbonyl (C=O) groups excluding carboxylic acids is 2. The molecule has 0 unspecified atom stereocenters. The third-order valence-corrected chi connectivity index (χ3v) is 11.0. The second-order valence-electron chi connectivity index (χ2n) is 13.4. The highest BCUT2D eigenvalue weighted by atomic mass is 32.1. The molecule has 0 saturated carbocycles. The Morgan fingerprint density at radius 1 is 0.714 bits per heavy atom. The molecule has 0 N–H and O–H groups in total. The lowest BCUT2D eigenvalue weighted by Gasteiger charge is -2.23. The van der Waals surface area contributed by atoms with Crippen LogP contribution in [0.25, 0.3) is 9.53 Å². The molecular formula is C43H56N6O5S2. The molecule has 0 aliphatic heterocycles. The third-order valence-electron chi connectivity index (χ3n) is 9.04. The zero-order valence-electron chi connectivity index (χ0n) is 33.0. The molecule has 0 bridgehead atoms. The Kier molecular flexibility index (Phi) is 20.0. The molecule has 4 rings (SSSR count). The van der Waals surface area contributed by atoms with Crippen LogP contribution in [0, 0.1) is 6.92 Å². The Morgan fingerprint density at radius 2 is 1.32 bits per heavy atom. The highest BCUT2D eigenvalue weighted by Crippen LogP contribution is 2.39. The number of azo groups is 2. The van der Waals surface area contributed by atoms with Gasteiger partial charge in [0, 0.05) is 30.9 Å². The van der Waals surface area contributed by atoms with Crippen LogP contribution >= 0.6 is 22.7 Å². The molecule has 0 fully saturated rings. The summed E-state index contributed by atoms with van der Waals surface area (Å²) in [5, 5.41) is 19.2. The average molecular weight is 801 g/mol. The minimum Gasteiger partial charge on any atom is -0.494 e. The molecule has 13 heteroatoms. The second-order valence-corrected chi connectivity index (χ2v) is 15.4. The van der Waals surface area contributed by atoms with Crippen molar-refractivity contribution in [2.75, 3.05) is 37.8 Å². The van der Waals surface area contributed by atoms with E-state index in [1.165, 1.54) is 72.6 Å². The predicted molar refractivity (Wildman–Crippen MR) is 229 cm³/mol. The fraction of sp³-hybridized carbons (Fsp3) is 0.465. The summed E-state index contributed by atoms with van der Waals surface area (Å²) in [6.45, 7) is 14.6. The van der Waals surface area contributed by atoms with Gasteiger partial charge in [-0.25, -0.2) is 14.6 Å². The van der Waals surface area contributed by atoms with Crippen LogP contribution in [0.2, 0.25) is 0 Å². The van der Waals surface area contributed by atoms with Crippen LogP contribution in [0.15, 0.2) is 94.3 Å². The molecule has 0 saturated heterocycles. The van der Waals surface area contributed by atoms with E-state index in [0.717, 1.165) is 102 Å². The fourth-order valence-corrected chi connectivity index (χ4v) is 7.74. The van der Waals surface area contributed by atoms with Crippen molar-refractivity contribution in [1.82, 2.24) is 4.98 Å². The van der Waals surface area contributed by atoms with E-state index in [4.69, 9.17) is 14.2 Å². The monoisotopic (exact) mass is 800 g/mol. The van der Waals surface area contributed by atoms with E-state index < -0.39 is 0 Å². The van der Waals surface area contributed by atoms with Gasteiger partial charge in [-0.05, 0) is 100 Å². The number of hydrogen-bond acceptors (Lipinski definition) is 13. The molecule has 56 heavy (non-hydrogen) atoms. The number of benzene rings is 2. The van der Waals surface area contributed by atoms with Crippen LogP contribution in [-0.2, 0) is 19.1 Å². The topological polar surface area (TPSA) is 127 Å². The summed E-state index contributed by atoms with van der Waals surface area (Å²) >= 11 is 2.97. The number of aryl methyl sites for hydroxylation is 1. The number of anilines is 1. The van der Waals surface area contributed by atoms with Crippen molar-refractivity contribution in [3.63, 3.8) is 0 Å². The normalized spacial score (nSPS) is 11.4. The van der Waals surface area contributed by atoms with Crippen molar-refractivity contribution < 1.29 is 23.8 Å². The van der Waals surface area contributed by atoms with Gasteiger partial charge in [0.15, 0.2) is 0 Å². The van der Waals surface area contributed by atoms with Crippen LogP contribution in [0.1, 0.15) is 96.0 Å². The molecule has 0 amide bonds. The summed E-state index contributed by atoms with van der Waals surface area (Å²) in [4.78, 5) is 30.1. The van der Waals surface area contributed by atoms with Crippen LogP contribution < -0.4 is 9.64 Å². The summed E-state index contributed by atoms with van der Waals surface area (Å²) in [5.74, 6) is 0.141. The molecule has 0 spiro atoms. The van der Waals surface area contributed by atoms with Gasteiger partial charge in [0.2, 0.25) is 5.13 Å². The first-order chi connectivity index (χ1) is 27.4. The standard InChI is InChI=1S/C43H56N6O5S2/c1-5-40(50)53-29-19-15-12-10-8-9-11-14-18-28-52-36-24-21-34(22-25-36)45-47-39-32-38-42(56-39)44-43(55-38)48-46-37-26-23-35(31-33(37)4)49(7-3)27-17-13-16-20-30-54-41(51)6-2/h5-6,21-26,31-32H,1-2,7-20,27-30H2,3-4H3. The lowest BCUT2D eigenvalue weighted by Crippen LogP contribution is -2.23. The summed E-state index contributed by atoms with van der Waals surface area (Å²) in [6.07, 6.45) is 16.8. The van der Waals surface area contributed by atoms with Gasteiger partial charge in [-0.1, -0.05) is 87.2 Å². The average Bonchev–Trinajstić information content (AvgIpc) is 3.78. The van der Waals surface area contributed by atoms with Crippen molar-refractivity contribution in [2.24, 2.45) is 20.5 Å². The first kappa shape index (κ1) is 44.0. The lowest BCUT2D eigenvalue weighted by atomic mass is 10.1. The van der Waals surface area contributed by atoms with Gasteiger partial charge in [0.25, 0.3) is 0 Å². The zero-order chi connectivity index (χ0) is 39.8. The first-order valence-corrected chi connectivity index (χ1v) is 21.4. The molecule has 0 atom stereocenters. The van der Waals surface area contributed by atoms with Crippen LogP contribution in [0.3, 0.4) is 0 Å². The highest BCUT2D eigenvalue weighted by molar-refractivity contribution is 7.30. The SMILES string of the molecule is C=CC(=O)OCCCCCCCCCCCOc1ccc(N=Nc2cc3sc(N=Nc4ccc(N(CC)CCCCCCOC(=O)C=C)cc4C)nc3s2)cc1. The second kappa shape index (κ2) is 25.4. The number of thiazole rings is 1. The summed E-state index contributed by atoms with van der Waals surface area (Å²) < 4.78 is 17.0. The smallest absolute Gasteiger partial charge is 0.330 e. The first-order valence-electron chi connectivity index (χ1n) is 19.8. The number of aromatic nitrogens is 1. The highest BCUT2D eigenvalue weighted by Gasteiger charge is 2.10. The van der Waals surface area contributed by atoms with Gasteiger partial charge in [-0.3, -0.25) is 0 Å². The maximum Gasteiger partial charge on any atom is 0.330 e. The maximum absolute atomic E-state index is 11.1. The molecule has 4 aromatic rings. The number of fused-ring (bicyclic) bond motifs is 1. The van der Waals surface area contributed by atoms with E-state index in [0.29, 0.717) is 25.0 Å². The van der Waals surface area contributed by atoms with E-state index in [1.54, 1.807) is 0 Å². The molecule has 2 heterocycles. The van der Waals surface area contributed by atoms with Crippen molar-refractivity contribution in [3.05, 3.63) is 79.4 Å². The summed E-state index contributed by atoms with van der Waals surface area (Å²) in [5.41, 5.74) is 3.81. The zero-order valence-corrected chi connectivity index (χ0v) is 34.6. The van der Waals surface area contributed by atoms with Crippen molar-refractivity contribution in [2.45, 2.75) is 97.3 Å². The molecule has 0 aliphatic carbocycles. The third kappa shape index (κ3) is 16.2. The molecule has 11 nitrogen and oxygen atoms in total. The van der Waals surface area contributed by atoms with Gasteiger partial charge < -0.3 is 19.1 Å². The summed E-state index contributed by atoms with van der Waals surface area (Å²) in [6, 6.07) is 16.0. The number of esters is 2. The Morgan fingerprint density at radius 3 is 1.91 bits per heavy atom. The van der Waals surface area contributed by atoms with Gasteiger partial charge in [0.05, 0.1) is 35.9 Å². The van der Waals surface area contributed by atoms with Crippen LogP contribution in [0.5, 0.6) is 5.75 Å². The van der Waals surface area contributed by atoms with Crippen molar-refractivity contribution in [1.29, 1.82) is 0 Å². The predicted octanol–water partition coefficient (Wildman–Crippen LogP) is 13.2. The Bertz CT molecular complexity index is 1840. The number of nitrogens with zero attached hydrogens (tertiary/aromatic N) is 6. The Labute approximate surface area is 339 Å². The Hall–Kier alpha value is -4.75. The van der Waals surface area contributed by atoms with Gasteiger partial charge >= 0.3 is 11.9 Å². The van der Waals surface area contributed by atoms with E-state index in [9.17, 15) is 9.59 Å². The van der Waals surface area contributed by atoms with E-state index in [1.807, 2.05) is 36.4 Å². The number of ether oxygens (including phenoxy) is 3. The van der Waals surface area contributed by atoms with Crippen LogP contribution in [-0.4, -0.2) is 49.8 Å². The maximum atomic E-state index is 11.1. The number of rotatable bonds is 28. The van der Waals surface area contributed by atoms with E-state index >= 15 is 0 Å². The van der Waals surface area contributed by atoms with E-state index in [-0.39, 0.29) is 11.9 Å². The Balaban J connectivity index is 1.12. The van der Waals surface area contributed by atoms with Crippen LogP contribution in [0.4, 0.5) is 27.2 Å². The lowest BCUT2D eigenvalue weighted by molar-refractivity contribution is -0.138. The molecule has 0 radical (unpaired) electrons. The number of hydrogen-bond donors (Lipinski definition) is 0. The van der Waals surface area contributed by atoms with Gasteiger partial charge in [-0.2, -0.15) is 0 Å². The summed E-state index contributed by atoms with van der Waals surface area (Å²) in [7, 11) is 0. The van der Waals surface area contributed by atoms with Crippen molar-refractivity contribution >= 4 is 71.3 Å².